The molecule has 100 valence electrons. The van der Waals surface area contributed by atoms with Crippen LogP contribution in [0.2, 0.25) is 15.1 Å². The van der Waals surface area contributed by atoms with E-state index in [1.807, 2.05) is 0 Å². The van der Waals surface area contributed by atoms with Gasteiger partial charge in [-0.1, -0.05) is 40.9 Å². The Morgan fingerprint density at radius 3 is 2.26 bits per heavy atom. The molecular formula is C14H9Cl4F. The van der Waals surface area contributed by atoms with Crippen LogP contribution in [0.5, 0.6) is 0 Å². The van der Waals surface area contributed by atoms with Gasteiger partial charge < -0.3 is 0 Å². The maximum Gasteiger partial charge on any atom is 0.127 e. The third-order valence-corrected chi connectivity index (χ3v) is 4.34. The van der Waals surface area contributed by atoms with Crippen LogP contribution in [0.25, 0.3) is 0 Å². The summed E-state index contributed by atoms with van der Waals surface area (Å²) in [5.74, 6) is -0.355. The lowest BCUT2D eigenvalue weighted by Crippen LogP contribution is -1.97. The van der Waals surface area contributed by atoms with Crippen molar-refractivity contribution in [2.45, 2.75) is 12.3 Å². The first-order valence-electron chi connectivity index (χ1n) is 5.44. The highest BCUT2D eigenvalue weighted by Crippen LogP contribution is 2.37. The highest BCUT2D eigenvalue weighted by molar-refractivity contribution is 6.42. The molecule has 1 unspecified atom stereocenters. The van der Waals surface area contributed by atoms with Crippen LogP contribution in [-0.2, 0) is 0 Å². The van der Waals surface area contributed by atoms with Gasteiger partial charge in [-0.2, -0.15) is 0 Å². The Morgan fingerprint density at radius 1 is 0.947 bits per heavy atom. The van der Waals surface area contributed by atoms with Gasteiger partial charge in [0.25, 0.3) is 0 Å². The summed E-state index contributed by atoms with van der Waals surface area (Å²) in [5.41, 5.74) is 1.88. The molecule has 19 heavy (non-hydrogen) atoms. The number of alkyl halides is 1. The van der Waals surface area contributed by atoms with Gasteiger partial charge in [0.05, 0.1) is 15.4 Å². The number of aryl methyl sites for hydroxylation is 1. The normalized spacial score (nSPS) is 12.5. The molecule has 0 heterocycles. The van der Waals surface area contributed by atoms with Gasteiger partial charge in [-0.25, -0.2) is 4.39 Å². The summed E-state index contributed by atoms with van der Waals surface area (Å²) in [6.07, 6.45) is 0. The number of hydrogen-bond donors (Lipinski definition) is 0. The average Bonchev–Trinajstić information content (AvgIpc) is 2.36. The van der Waals surface area contributed by atoms with E-state index in [0.29, 0.717) is 21.2 Å². The van der Waals surface area contributed by atoms with Crippen molar-refractivity contribution in [2.75, 3.05) is 0 Å². The minimum absolute atomic E-state index is 0.286. The maximum atomic E-state index is 13.4. The van der Waals surface area contributed by atoms with Crippen LogP contribution in [-0.4, -0.2) is 0 Å². The largest absolute Gasteiger partial charge is 0.207 e. The summed E-state index contributed by atoms with van der Waals surface area (Å²) >= 11 is 24.2. The van der Waals surface area contributed by atoms with Crippen LogP contribution in [0.3, 0.4) is 0 Å². The SMILES string of the molecule is Cc1cc(C(Cl)c2ccc(Cl)c(Cl)c2)c(Cl)cc1F. The summed E-state index contributed by atoms with van der Waals surface area (Å²) in [7, 11) is 0. The molecule has 0 fully saturated rings. The van der Waals surface area contributed by atoms with Crippen molar-refractivity contribution in [1.82, 2.24) is 0 Å². The van der Waals surface area contributed by atoms with Crippen LogP contribution in [0.15, 0.2) is 30.3 Å². The fraction of sp³-hybridized carbons (Fsp3) is 0.143. The van der Waals surface area contributed by atoms with Gasteiger partial charge in [0.1, 0.15) is 5.82 Å². The summed E-state index contributed by atoms with van der Waals surface area (Å²) in [4.78, 5) is 0. The lowest BCUT2D eigenvalue weighted by atomic mass is 10.0. The second-order valence-corrected chi connectivity index (χ2v) is 5.82. The molecule has 1 atom stereocenters. The zero-order valence-corrected chi connectivity index (χ0v) is 12.9. The van der Waals surface area contributed by atoms with Crippen molar-refractivity contribution < 1.29 is 4.39 Å². The Labute approximate surface area is 131 Å². The molecule has 0 aromatic heterocycles. The lowest BCUT2D eigenvalue weighted by molar-refractivity contribution is 0.618. The molecule has 2 rings (SSSR count). The first kappa shape index (κ1) is 14.9. The molecule has 0 spiro atoms. The van der Waals surface area contributed by atoms with Crippen LogP contribution in [0, 0.1) is 12.7 Å². The second-order valence-electron chi connectivity index (χ2n) is 4.16. The van der Waals surface area contributed by atoms with Gasteiger partial charge in [0.15, 0.2) is 0 Å². The van der Waals surface area contributed by atoms with E-state index in [2.05, 4.69) is 0 Å². The van der Waals surface area contributed by atoms with Gasteiger partial charge >= 0.3 is 0 Å². The number of halogens is 5. The Kier molecular flexibility index (Phi) is 4.62. The van der Waals surface area contributed by atoms with Crippen molar-refractivity contribution in [2.24, 2.45) is 0 Å². The monoisotopic (exact) mass is 336 g/mol. The van der Waals surface area contributed by atoms with E-state index in [0.717, 1.165) is 5.56 Å². The van der Waals surface area contributed by atoms with Gasteiger partial charge in [-0.15, -0.1) is 11.6 Å². The molecule has 0 aliphatic heterocycles. The Bertz CT molecular complexity index is 625. The fourth-order valence-electron chi connectivity index (χ4n) is 1.72. The van der Waals surface area contributed by atoms with E-state index in [1.165, 1.54) is 6.07 Å². The minimum atomic E-state index is -0.512. The molecule has 0 saturated heterocycles. The Morgan fingerprint density at radius 2 is 1.63 bits per heavy atom. The van der Waals surface area contributed by atoms with Crippen molar-refractivity contribution in [3.05, 3.63) is 67.9 Å². The average molecular weight is 338 g/mol. The molecule has 0 N–H and O–H groups in total. The molecular weight excluding hydrogens is 329 g/mol. The number of rotatable bonds is 2. The van der Waals surface area contributed by atoms with E-state index in [9.17, 15) is 4.39 Å². The summed E-state index contributed by atoms with van der Waals surface area (Å²) in [6.45, 7) is 1.66. The second kappa shape index (κ2) is 5.88. The molecule has 2 aromatic carbocycles. The predicted molar refractivity (Wildman–Crippen MR) is 80.3 cm³/mol. The van der Waals surface area contributed by atoms with Crippen LogP contribution < -0.4 is 0 Å². The first-order valence-corrected chi connectivity index (χ1v) is 7.01. The van der Waals surface area contributed by atoms with Gasteiger partial charge in [0, 0.05) is 5.02 Å². The molecule has 0 bridgehead atoms. The van der Waals surface area contributed by atoms with E-state index in [-0.39, 0.29) is 10.8 Å². The smallest absolute Gasteiger partial charge is 0.127 e. The Balaban J connectivity index is 2.46. The van der Waals surface area contributed by atoms with Crippen LogP contribution >= 0.6 is 46.4 Å². The first-order chi connectivity index (χ1) is 8.90. The van der Waals surface area contributed by atoms with E-state index in [4.69, 9.17) is 46.4 Å². The van der Waals surface area contributed by atoms with Crippen molar-refractivity contribution >= 4 is 46.4 Å². The van der Waals surface area contributed by atoms with Crippen LogP contribution in [0.4, 0.5) is 4.39 Å². The fourth-order valence-corrected chi connectivity index (χ4v) is 2.66. The minimum Gasteiger partial charge on any atom is -0.207 e. The van der Waals surface area contributed by atoms with Crippen molar-refractivity contribution in [3.8, 4) is 0 Å². The number of hydrogen-bond acceptors (Lipinski definition) is 0. The topological polar surface area (TPSA) is 0 Å². The van der Waals surface area contributed by atoms with Gasteiger partial charge in [0.2, 0.25) is 0 Å². The van der Waals surface area contributed by atoms with E-state index in [1.54, 1.807) is 31.2 Å². The molecule has 0 radical (unpaired) electrons. The summed E-state index contributed by atoms with van der Waals surface area (Å²) < 4.78 is 13.4. The van der Waals surface area contributed by atoms with Crippen LogP contribution in [0.1, 0.15) is 22.1 Å². The van der Waals surface area contributed by atoms with E-state index >= 15 is 0 Å². The van der Waals surface area contributed by atoms with Crippen molar-refractivity contribution in [3.63, 3.8) is 0 Å². The molecule has 0 aliphatic rings. The maximum absolute atomic E-state index is 13.4. The predicted octanol–water partition coefficient (Wildman–Crippen LogP) is 6.42. The lowest BCUT2D eigenvalue weighted by Gasteiger charge is -2.14. The highest BCUT2D eigenvalue weighted by Gasteiger charge is 2.17. The molecule has 5 heteroatoms. The summed E-state index contributed by atoms with van der Waals surface area (Å²) in [6, 6.07) is 8.01. The molecule has 0 saturated carbocycles. The molecule has 0 nitrogen and oxygen atoms in total. The zero-order valence-electron chi connectivity index (χ0n) is 9.85. The number of benzene rings is 2. The highest BCUT2D eigenvalue weighted by atomic mass is 35.5. The Hall–Kier alpha value is -0.470. The third kappa shape index (κ3) is 3.17. The molecule has 0 amide bonds. The van der Waals surface area contributed by atoms with Crippen molar-refractivity contribution in [1.29, 1.82) is 0 Å². The summed E-state index contributed by atoms with van der Waals surface area (Å²) in [5, 5.41) is 0.645. The third-order valence-electron chi connectivity index (χ3n) is 2.79. The quantitative estimate of drug-likeness (QED) is 0.554. The molecule has 2 aromatic rings. The van der Waals surface area contributed by atoms with Gasteiger partial charge in [-0.3, -0.25) is 0 Å². The van der Waals surface area contributed by atoms with E-state index < -0.39 is 5.38 Å². The zero-order chi connectivity index (χ0) is 14.2. The molecule has 0 aliphatic carbocycles. The standard InChI is InChI=1S/C14H9Cl4F/c1-7-4-9(11(16)6-13(7)19)14(18)8-2-3-10(15)12(17)5-8/h2-6,14H,1H3. The van der Waals surface area contributed by atoms with Gasteiger partial charge in [-0.05, 0) is 47.9 Å².